The van der Waals surface area contributed by atoms with E-state index in [-0.39, 0.29) is 0 Å². The van der Waals surface area contributed by atoms with Gasteiger partial charge in [0, 0.05) is 31.3 Å². The van der Waals surface area contributed by atoms with Gasteiger partial charge in [-0.2, -0.15) is 0 Å². The van der Waals surface area contributed by atoms with Crippen LogP contribution in [0.2, 0.25) is 0 Å². The molecule has 0 spiro atoms. The van der Waals surface area contributed by atoms with Crippen LogP contribution in [-0.2, 0) is 17.9 Å². The minimum Gasteiger partial charge on any atom is -0.486 e. The maximum Gasteiger partial charge on any atom is 0.337 e. The first kappa shape index (κ1) is 19.1. The van der Waals surface area contributed by atoms with Gasteiger partial charge in [-0.05, 0) is 31.5 Å². The van der Waals surface area contributed by atoms with E-state index in [4.69, 9.17) is 9.47 Å². The molecule has 0 radical (unpaired) electrons. The van der Waals surface area contributed by atoms with Crippen molar-refractivity contribution in [1.82, 2.24) is 9.55 Å². The van der Waals surface area contributed by atoms with Crippen molar-refractivity contribution in [2.24, 2.45) is 0 Å². The van der Waals surface area contributed by atoms with Crippen LogP contribution in [0.4, 0.5) is 0 Å². The van der Waals surface area contributed by atoms with Crippen LogP contribution in [-0.4, -0.2) is 34.3 Å². The first-order valence-electron chi connectivity index (χ1n) is 8.65. The van der Waals surface area contributed by atoms with Gasteiger partial charge in [-0.1, -0.05) is 18.2 Å². The fraction of sp³-hybridized carbons (Fsp3) is 0.300. The van der Waals surface area contributed by atoms with Gasteiger partial charge in [0.1, 0.15) is 17.4 Å². The fourth-order valence-corrected chi connectivity index (χ4v) is 3.58. The summed E-state index contributed by atoms with van der Waals surface area (Å²) in [5, 5.41) is 12.2. The zero-order valence-electron chi connectivity index (χ0n) is 15.3. The second kappa shape index (κ2) is 8.83. The molecule has 7 heteroatoms. The molecule has 2 heterocycles. The summed E-state index contributed by atoms with van der Waals surface area (Å²) in [6, 6.07) is 11.3. The molecule has 0 atom stereocenters. The second-order valence-electron chi connectivity index (χ2n) is 6.06. The zero-order valence-corrected chi connectivity index (χ0v) is 16.2. The maximum absolute atomic E-state index is 11.5. The lowest BCUT2D eigenvalue weighted by atomic mass is 10.2. The molecule has 0 aliphatic carbocycles. The number of carbonyl (C=O) groups is 1. The number of ether oxygens (including phenoxy) is 2. The number of para-hydroxylation sites is 1. The third kappa shape index (κ3) is 4.56. The van der Waals surface area contributed by atoms with E-state index in [9.17, 15) is 9.90 Å². The molecule has 2 aromatic heterocycles. The van der Waals surface area contributed by atoms with Crippen LogP contribution in [0, 0.1) is 6.92 Å². The molecule has 27 heavy (non-hydrogen) atoms. The zero-order chi connectivity index (χ0) is 19.2. The highest BCUT2D eigenvalue weighted by Crippen LogP contribution is 2.28. The largest absolute Gasteiger partial charge is 0.486 e. The summed E-state index contributed by atoms with van der Waals surface area (Å²) in [4.78, 5) is 16.2. The third-order valence-corrected chi connectivity index (χ3v) is 5.07. The summed E-state index contributed by atoms with van der Waals surface area (Å²) >= 11 is 1.50. The molecule has 3 aromatic rings. The van der Waals surface area contributed by atoms with Gasteiger partial charge in [0.25, 0.3) is 0 Å². The molecule has 1 N–H and O–H groups in total. The van der Waals surface area contributed by atoms with Gasteiger partial charge < -0.3 is 19.1 Å². The normalized spacial score (nSPS) is 10.9. The Labute approximate surface area is 162 Å². The van der Waals surface area contributed by atoms with Crippen molar-refractivity contribution >= 4 is 17.3 Å². The summed E-state index contributed by atoms with van der Waals surface area (Å²) in [7, 11) is 1.66. The van der Waals surface area contributed by atoms with E-state index in [0.717, 1.165) is 34.3 Å². The molecule has 0 saturated carbocycles. The third-order valence-electron chi connectivity index (χ3n) is 4.25. The number of carboxylic acid groups (broad SMARTS) is 1. The van der Waals surface area contributed by atoms with E-state index in [1.165, 1.54) is 11.3 Å². The van der Waals surface area contributed by atoms with Gasteiger partial charge in [0.15, 0.2) is 0 Å². The van der Waals surface area contributed by atoms with Crippen molar-refractivity contribution in [3.63, 3.8) is 0 Å². The number of carboxylic acids is 1. The van der Waals surface area contributed by atoms with Crippen molar-refractivity contribution in [2.45, 2.75) is 26.5 Å². The number of nitrogens with zero attached hydrogens (tertiary/aromatic N) is 2. The number of rotatable bonds is 9. The highest BCUT2D eigenvalue weighted by Gasteiger charge is 2.19. The molecule has 0 amide bonds. The smallest absolute Gasteiger partial charge is 0.337 e. The van der Waals surface area contributed by atoms with Crippen LogP contribution >= 0.6 is 11.3 Å². The molecule has 1 aromatic carbocycles. The van der Waals surface area contributed by atoms with E-state index >= 15 is 0 Å². The highest BCUT2D eigenvalue weighted by molar-refractivity contribution is 7.09. The van der Waals surface area contributed by atoms with Gasteiger partial charge in [-0.15, -0.1) is 11.3 Å². The topological polar surface area (TPSA) is 73.6 Å². The molecule has 0 aliphatic heterocycles. The summed E-state index contributed by atoms with van der Waals surface area (Å²) in [6.45, 7) is 3.50. The first-order valence-corrected chi connectivity index (χ1v) is 9.53. The van der Waals surface area contributed by atoms with Crippen molar-refractivity contribution in [1.29, 1.82) is 0 Å². The molecule has 0 bridgehead atoms. The Bertz CT molecular complexity index is 902. The number of hydrogen-bond acceptors (Lipinski definition) is 5. The summed E-state index contributed by atoms with van der Waals surface area (Å²) in [6.07, 6.45) is 0.798. The molecule has 0 fully saturated rings. The lowest BCUT2D eigenvalue weighted by Gasteiger charge is -2.10. The predicted molar refractivity (Wildman–Crippen MR) is 105 cm³/mol. The predicted octanol–water partition coefficient (Wildman–Crippen LogP) is 4.23. The molecule has 3 rings (SSSR count). The van der Waals surface area contributed by atoms with E-state index in [1.807, 2.05) is 47.2 Å². The van der Waals surface area contributed by atoms with Gasteiger partial charge in [0.05, 0.1) is 17.0 Å². The summed E-state index contributed by atoms with van der Waals surface area (Å²) < 4.78 is 12.9. The minimum absolute atomic E-state index is 0.303. The Morgan fingerprint density at radius 1 is 1.30 bits per heavy atom. The van der Waals surface area contributed by atoms with E-state index in [0.29, 0.717) is 25.3 Å². The standard InChI is InChI=1S/C20H22N2O4S/c1-14-16(20(23)24)11-18(22(14)9-6-10-25-2)17-13-27-19(21-17)12-26-15-7-4-3-5-8-15/h3-5,7-8,11,13H,6,9-10,12H2,1-2H3,(H,23,24). The van der Waals surface area contributed by atoms with Crippen LogP contribution in [0.5, 0.6) is 5.75 Å². The van der Waals surface area contributed by atoms with E-state index in [1.54, 1.807) is 13.2 Å². The van der Waals surface area contributed by atoms with Gasteiger partial charge in [-0.3, -0.25) is 0 Å². The van der Waals surface area contributed by atoms with Crippen LogP contribution < -0.4 is 4.74 Å². The fourth-order valence-electron chi connectivity index (χ4n) is 2.89. The molecular formula is C20H22N2O4S. The van der Waals surface area contributed by atoms with Crippen LogP contribution in [0.1, 0.15) is 27.5 Å². The molecular weight excluding hydrogens is 364 g/mol. The lowest BCUT2D eigenvalue weighted by Crippen LogP contribution is -2.07. The van der Waals surface area contributed by atoms with Gasteiger partial charge >= 0.3 is 5.97 Å². The molecule has 142 valence electrons. The Hall–Kier alpha value is -2.64. The van der Waals surface area contributed by atoms with Crippen LogP contribution in [0.15, 0.2) is 41.8 Å². The summed E-state index contributed by atoms with van der Waals surface area (Å²) in [5.41, 5.74) is 2.60. The number of thiazole rings is 1. The van der Waals surface area contributed by atoms with Gasteiger partial charge in [0.2, 0.25) is 0 Å². The lowest BCUT2D eigenvalue weighted by molar-refractivity contribution is 0.0696. The number of aromatic carboxylic acids is 1. The highest BCUT2D eigenvalue weighted by atomic mass is 32.1. The Balaban J connectivity index is 1.81. The SMILES string of the molecule is COCCCn1c(-c2csc(COc3ccccc3)n2)cc(C(=O)O)c1C. The van der Waals surface area contributed by atoms with Crippen LogP contribution in [0.25, 0.3) is 11.4 Å². The number of aromatic nitrogens is 2. The van der Waals surface area contributed by atoms with Gasteiger partial charge in [-0.25, -0.2) is 9.78 Å². The average molecular weight is 386 g/mol. The second-order valence-corrected chi connectivity index (χ2v) is 7.00. The first-order chi connectivity index (χ1) is 13.1. The number of hydrogen-bond donors (Lipinski definition) is 1. The number of benzene rings is 1. The Kier molecular flexibility index (Phi) is 6.26. The van der Waals surface area contributed by atoms with E-state index < -0.39 is 5.97 Å². The molecule has 6 nitrogen and oxygen atoms in total. The van der Waals surface area contributed by atoms with Crippen LogP contribution in [0.3, 0.4) is 0 Å². The molecule has 0 aliphatic rings. The monoisotopic (exact) mass is 386 g/mol. The van der Waals surface area contributed by atoms with E-state index in [2.05, 4.69) is 4.98 Å². The summed E-state index contributed by atoms with van der Waals surface area (Å²) in [5.74, 6) is -0.136. The molecule has 0 unspecified atom stereocenters. The maximum atomic E-state index is 11.5. The number of methoxy groups -OCH3 is 1. The average Bonchev–Trinajstić information content (AvgIpc) is 3.26. The quantitative estimate of drug-likeness (QED) is 0.557. The molecule has 0 saturated heterocycles. The Morgan fingerprint density at radius 2 is 2.07 bits per heavy atom. The van der Waals surface area contributed by atoms with Crippen molar-refractivity contribution in [3.8, 4) is 17.1 Å². The Morgan fingerprint density at radius 3 is 2.78 bits per heavy atom. The van der Waals surface area contributed by atoms with Crippen molar-refractivity contribution in [3.05, 3.63) is 58.0 Å². The minimum atomic E-state index is -0.929. The van der Waals surface area contributed by atoms with Crippen molar-refractivity contribution < 1.29 is 19.4 Å². The van der Waals surface area contributed by atoms with Crippen molar-refractivity contribution in [2.75, 3.05) is 13.7 Å².